The van der Waals surface area contributed by atoms with Crippen LogP contribution in [0.3, 0.4) is 0 Å². The molecule has 0 aromatic heterocycles. The molecule has 0 amide bonds. The molecule has 0 aliphatic rings. The van der Waals surface area contributed by atoms with E-state index in [1.807, 2.05) is 0 Å². The fourth-order valence-corrected chi connectivity index (χ4v) is 0.861. The van der Waals surface area contributed by atoms with Crippen molar-refractivity contribution in [3.8, 4) is 0 Å². The molecule has 0 aliphatic heterocycles. The van der Waals surface area contributed by atoms with Gasteiger partial charge in [-0.25, -0.2) is 4.79 Å². The monoisotopic (exact) mass is 161 g/mol. The van der Waals surface area contributed by atoms with Crippen LogP contribution in [0.15, 0.2) is 18.2 Å². The first-order chi connectivity index (χ1) is 5.65. The Morgan fingerprint density at radius 1 is 1.58 bits per heavy atom. The molecule has 0 spiro atoms. The van der Waals surface area contributed by atoms with Crippen LogP contribution in [0.4, 0.5) is 5.69 Å². The molecule has 0 atom stereocenters. The van der Waals surface area contributed by atoms with Gasteiger partial charge in [0.25, 0.3) is 0 Å². The van der Waals surface area contributed by atoms with Crippen LogP contribution in [0.2, 0.25) is 0 Å². The molecule has 3 nitrogen and oxygen atoms in total. The van der Waals surface area contributed by atoms with Crippen molar-refractivity contribution >= 4 is 25.0 Å². The second-order valence-electron chi connectivity index (χ2n) is 2.34. The van der Waals surface area contributed by atoms with Gasteiger partial charge in [0, 0.05) is 5.69 Å². The Bertz CT molecular complexity index is 312. The number of nitrogen functional groups attached to an aromatic ring is 1. The molecule has 12 heavy (non-hydrogen) atoms. The highest BCUT2D eigenvalue weighted by Crippen LogP contribution is 2.09. The van der Waals surface area contributed by atoms with Gasteiger partial charge in [-0.05, 0) is 6.07 Å². The van der Waals surface area contributed by atoms with Crippen molar-refractivity contribution in [1.29, 1.82) is 0 Å². The summed E-state index contributed by atoms with van der Waals surface area (Å²) in [5, 5.41) is 0. The van der Waals surface area contributed by atoms with Crippen LogP contribution in [-0.2, 0) is 4.74 Å². The van der Waals surface area contributed by atoms with Crippen LogP contribution in [0.25, 0.3) is 0 Å². The minimum atomic E-state index is -0.472. The molecule has 2 radical (unpaired) electrons. The van der Waals surface area contributed by atoms with Crippen LogP contribution < -0.4 is 11.2 Å². The molecule has 0 saturated carbocycles. The second kappa shape index (κ2) is 3.30. The number of benzene rings is 1. The maximum Gasteiger partial charge on any atom is 0.339 e. The predicted octanol–water partition coefficient (Wildman–Crippen LogP) is -0.151. The van der Waals surface area contributed by atoms with E-state index < -0.39 is 5.97 Å². The highest BCUT2D eigenvalue weighted by molar-refractivity contribution is 6.32. The van der Waals surface area contributed by atoms with Gasteiger partial charge < -0.3 is 10.5 Å². The van der Waals surface area contributed by atoms with E-state index in [-0.39, 0.29) is 0 Å². The number of rotatable bonds is 1. The summed E-state index contributed by atoms with van der Waals surface area (Å²) in [5.41, 5.74) is 6.67. The number of carbonyl (C=O) groups is 1. The molecule has 1 rings (SSSR count). The van der Waals surface area contributed by atoms with Crippen molar-refractivity contribution in [1.82, 2.24) is 0 Å². The van der Waals surface area contributed by atoms with Crippen molar-refractivity contribution < 1.29 is 9.53 Å². The highest BCUT2D eigenvalue weighted by Gasteiger charge is 2.08. The number of anilines is 1. The number of esters is 1. The van der Waals surface area contributed by atoms with E-state index in [1.165, 1.54) is 13.2 Å². The summed E-state index contributed by atoms with van der Waals surface area (Å²) in [7, 11) is 6.75. The summed E-state index contributed by atoms with van der Waals surface area (Å²) in [6.45, 7) is 0. The first-order valence-electron chi connectivity index (χ1n) is 3.38. The largest absolute Gasteiger partial charge is 0.465 e. The third-order valence-corrected chi connectivity index (χ3v) is 1.48. The lowest BCUT2D eigenvalue weighted by atomic mass is 9.94. The average Bonchev–Trinajstić information content (AvgIpc) is 2.08. The fourth-order valence-electron chi connectivity index (χ4n) is 0.861. The second-order valence-corrected chi connectivity index (χ2v) is 2.34. The summed E-state index contributed by atoms with van der Waals surface area (Å²) < 4.78 is 4.50. The first kappa shape index (κ1) is 8.65. The van der Waals surface area contributed by atoms with Gasteiger partial charge >= 0.3 is 5.97 Å². The van der Waals surface area contributed by atoms with Crippen LogP contribution in [0.5, 0.6) is 0 Å². The summed E-state index contributed by atoms with van der Waals surface area (Å²) in [4.78, 5) is 11.0. The Kier molecular flexibility index (Phi) is 2.38. The quantitative estimate of drug-likeness (QED) is 0.354. The van der Waals surface area contributed by atoms with Gasteiger partial charge in [-0.15, -0.1) is 0 Å². The van der Waals surface area contributed by atoms with Crippen LogP contribution in [0, 0.1) is 0 Å². The number of methoxy groups -OCH3 is 1. The maximum absolute atomic E-state index is 11.0. The number of hydrogen-bond acceptors (Lipinski definition) is 3. The van der Waals surface area contributed by atoms with Gasteiger partial charge in [0.2, 0.25) is 0 Å². The summed E-state index contributed by atoms with van der Waals surface area (Å²) in [6.07, 6.45) is 0. The van der Waals surface area contributed by atoms with Crippen molar-refractivity contribution in [2.45, 2.75) is 0 Å². The third-order valence-electron chi connectivity index (χ3n) is 1.48. The topological polar surface area (TPSA) is 52.3 Å². The standard InChI is InChI=1S/C8H8BNO2/c1-12-8(11)6-4-5(9)2-3-7(6)10/h2-4H,10H2,1H3. The lowest BCUT2D eigenvalue weighted by molar-refractivity contribution is 0.0602. The van der Waals surface area contributed by atoms with Gasteiger partial charge in [0.05, 0.1) is 12.7 Å². The normalized spacial score (nSPS) is 9.42. The SMILES string of the molecule is [B]c1ccc(N)c(C(=O)OC)c1. The number of nitrogens with two attached hydrogens (primary N) is 1. The Labute approximate surface area is 71.9 Å². The average molecular weight is 161 g/mol. The summed E-state index contributed by atoms with van der Waals surface area (Å²) in [6, 6.07) is 4.69. The van der Waals surface area contributed by atoms with Gasteiger partial charge in [-0.2, -0.15) is 0 Å². The molecular weight excluding hydrogens is 153 g/mol. The molecule has 1 aromatic carbocycles. The van der Waals surface area contributed by atoms with Gasteiger partial charge in [0.1, 0.15) is 7.85 Å². The molecule has 1 aromatic rings. The molecule has 0 unspecified atom stereocenters. The molecule has 60 valence electrons. The first-order valence-corrected chi connectivity index (χ1v) is 3.38. The molecule has 0 fully saturated rings. The van der Waals surface area contributed by atoms with Crippen molar-refractivity contribution in [2.75, 3.05) is 12.8 Å². The lowest BCUT2D eigenvalue weighted by Gasteiger charge is -2.03. The van der Waals surface area contributed by atoms with Crippen LogP contribution >= 0.6 is 0 Å². The Balaban J connectivity index is 3.13. The molecule has 0 aliphatic carbocycles. The molecule has 0 bridgehead atoms. The van der Waals surface area contributed by atoms with Gasteiger partial charge in [0.15, 0.2) is 0 Å². The molecule has 0 heterocycles. The van der Waals surface area contributed by atoms with Crippen LogP contribution in [-0.4, -0.2) is 20.9 Å². The Morgan fingerprint density at radius 3 is 2.83 bits per heavy atom. The van der Waals surface area contributed by atoms with Gasteiger partial charge in [-0.1, -0.05) is 17.6 Å². The predicted molar refractivity (Wildman–Crippen MR) is 47.6 cm³/mol. The number of hydrogen-bond donors (Lipinski definition) is 1. The van der Waals surface area contributed by atoms with E-state index in [9.17, 15) is 4.79 Å². The Morgan fingerprint density at radius 2 is 2.25 bits per heavy atom. The van der Waals surface area contributed by atoms with Gasteiger partial charge in [-0.3, -0.25) is 0 Å². The third kappa shape index (κ3) is 1.58. The minimum absolute atomic E-state index is 0.303. The van der Waals surface area contributed by atoms with E-state index in [2.05, 4.69) is 4.74 Å². The summed E-state index contributed by atoms with van der Waals surface area (Å²) in [5.74, 6) is -0.472. The molecular formula is C8H8BNO2. The fraction of sp³-hybridized carbons (Fsp3) is 0.125. The van der Waals surface area contributed by atoms with Crippen molar-refractivity contribution in [3.63, 3.8) is 0 Å². The smallest absolute Gasteiger partial charge is 0.339 e. The van der Waals surface area contributed by atoms with E-state index in [1.54, 1.807) is 12.1 Å². The number of carbonyl (C=O) groups excluding carboxylic acids is 1. The van der Waals surface area contributed by atoms with E-state index in [0.29, 0.717) is 16.7 Å². The minimum Gasteiger partial charge on any atom is -0.465 e. The van der Waals surface area contributed by atoms with E-state index in [4.69, 9.17) is 13.6 Å². The summed E-state index contributed by atoms with van der Waals surface area (Å²) >= 11 is 0. The number of ether oxygens (including phenoxy) is 1. The molecule has 0 saturated heterocycles. The zero-order valence-electron chi connectivity index (χ0n) is 6.70. The Hall–Kier alpha value is -1.45. The van der Waals surface area contributed by atoms with E-state index in [0.717, 1.165) is 0 Å². The van der Waals surface area contributed by atoms with Crippen LogP contribution in [0.1, 0.15) is 10.4 Å². The maximum atomic E-state index is 11.0. The lowest BCUT2D eigenvalue weighted by Crippen LogP contribution is -2.11. The van der Waals surface area contributed by atoms with Crippen molar-refractivity contribution in [2.24, 2.45) is 0 Å². The highest BCUT2D eigenvalue weighted by atomic mass is 16.5. The molecule has 2 N–H and O–H groups in total. The zero-order valence-corrected chi connectivity index (χ0v) is 6.70. The van der Waals surface area contributed by atoms with Crippen molar-refractivity contribution in [3.05, 3.63) is 23.8 Å². The molecule has 4 heteroatoms. The van der Waals surface area contributed by atoms with E-state index >= 15 is 0 Å². The zero-order chi connectivity index (χ0) is 9.14.